The molecule has 0 N–H and O–H groups in total. The highest BCUT2D eigenvalue weighted by molar-refractivity contribution is 7.89. The van der Waals surface area contributed by atoms with Gasteiger partial charge in [-0.05, 0) is 38.8 Å². The van der Waals surface area contributed by atoms with Gasteiger partial charge in [0.1, 0.15) is 5.76 Å². The molecule has 0 saturated carbocycles. The van der Waals surface area contributed by atoms with Gasteiger partial charge >= 0.3 is 0 Å². The molecule has 0 bridgehead atoms. The molecule has 1 spiro atoms. The maximum absolute atomic E-state index is 13.5. The van der Waals surface area contributed by atoms with E-state index in [0.29, 0.717) is 25.3 Å². The zero-order valence-corrected chi connectivity index (χ0v) is 16.5. The molecule has 1 fully saturated rings. The molecule has 1 aromatic heterocycles. The number of benzene rings is 1. The first-order valence-electron chi connectivity index (χ1n) is 9.11. The Bertz CT molecular complexity index is 994. The highest BCUT2D eigenvalue weighted by atomic mass is 32.2. The number of carbonyl (C=O) groups excluding carboxylic acids is 1. The number of anilines is 1. The van der Waals surface area contributed by atoms with E-state index < -0.39 is 15.4 Å². The summed E-state index contributed by atoms with van der Waals surface area (Å²) in [4.78, 5) is 15.3. The maximum atomic E-state index is 13.5. The Morgan fingerprint density at radius 2 is 2.00 bits per heavy atom. The largest absolute Gasteiger partial charge is 0.361 e. The van der Waals surface area contributed by atoms with Gasteiger partial charge in [-0.3, -0.25) is 4.79 Å². The van der Waals surface area contributed by atoms with Gasteiger partial charge in [-0.15, -0.1) is 0 Å². The van der Waals surface area contributed by atoms with Crippen LogP contribution in [0, 0.1) is 13.8 Å². The van der Waals surface area contributed by atoms with E-state index in [0.717, 1.165) is 22.5 Å². The molecule has 1 amide bonds. The lowest BCUT2D eigenvalue weighted by molar-refractivity contribution is -0.122. The van der Waals surface area contributed by atoms with Crippen LogP contribution in [-0.2, 0) is 26.8 Å². The van der Waals surface area contributed by atoms with Gasteiger partial charge in [0.05, 0.1) is 23.4 Å². The van der Waals surface area contributed by atoms with Crippen LogP contribution < -0.4 is 4.90 Å². The fourth-order valence-corrected chi connectivity index (χ4v) is 5.38. The van der Waals surface area contributed by atoms with Crippen molar-refractivity contribution in [2.24, 2.45) is 0 Å². The van der Waals surface area contributed by atoms with E-state index >= 15 is 0 Å². The van der Waals surface area contributed by atoms with Gasteiger partial charge in [0.2, 0.25) is 15.9 Å². The third-order valence-electron chi connectivity index (χ3n) is 5.85. The number of hydrogen-bond donors (Lipinski definition) is 0. The molecule has 7 nitrogen and oxygen atoms in total. The molecule has 1 unspecified atom stereocenters. The first-order chi connectivity index (χ1) is 12.8. The molecule has 0 aliphatic carbocycles. The molecule has 4 rings (SSSR count). The van der Waals surface area contributed by atoms with Crippen molar-refractivity contribution in [3.05, 3.63) is 46.8 Å². The lowest BCUT2D eigenvalue weighted by Gasteiger charge is -2.24. The number of nitrogens with zero attached hydrogens (tertiary/aromatic N) is 3. The number of fused-ring (bicyclic) bond motifs is 2. The number of rotatable bonds is 4. The predicted octanol–water partition coefficient (Wildman–Crippen LogP) is 2.13. The van der Waals surface area contributed by atoms with E-state index in [1.807, 2.05) is 38.1 Å². The Balaban J connectivity index is 1.75. The Morgan fingerprint density at radius 3 is 2.67 bits per heavy atom. The number of sulfonamides is 1. The molecule has 1 saturated heterocycles. The van der Waals surface area contributed by atoms with Gasteiger partial charge in [-0.2, -0.15) is 0 Å². The average molecular weight is 389 g/mol. The van der Waals surface area contributed by atoms with Crippen molar-refractivity contribution in [1.29, 1.82) is 0 Å². The fraction of sp³-hybridized carbons (Fsp3) is 0.474. The standard InChI is InChI=1S/C19H23N3O4S/c1-4-27(24,25)21-10-9-19(12-21)16-7-5-6-8-17(16)22(18(19)23)11-15-13(2)20-26-14(15)3/h5-8H,4,9-12H2,1-3H3. The Morgan fingerprint density at radius 1 is 1.26 bits per heavy atom. The van der Waals surface area contributed by atoms with E-state index in [4.69, 9.17) is 4.52 Å². The quantitative estimate of drug-likeness (QED) is 0.800. The monoisotopic (exact) mass is 389 g/mol. The van der Waals surface area contributed by atoms with Crippen molar-refractivity contribution in [1.82, 2.24) is 9.46 Å². The number of hydrogen-bond acceptors (Lipinski definition) is 5. The lowest BCUT2D eigenvalue weighted by Crippen LogP contribution is -2.43. The second-order valence-corrected chi connectivity index (χ2v) is 9.53. The highest BCUT2D eigenvalue weighted by Crippen LogP contribution is 2.48. The summed E-state index contributed by atoms with van der Waals surface area (Å²) in [6, 6.07) is 7.69. The van der Waals surface area contributed by atoms with Gasteiger partial charge in [-0.25, -0.2) is 12.7 Å². The van der Waals surface area contributed by atoms with Crippen LogP contribution in [0.1, 0.15) is 35.9 Å². The number of carbonyl (C=O) groups is 1. The Kier molecular flexibility index (Phi) is 4.16. The normalized spacial score (nSPS) is 22.8. The number of para-hydroxylation sites is 1. The van der Waals surface area contributed by atoms with E-state index in [1.54, 1.807) is 11.8 Å². The van der Waals surface area contributed by atoms with Crippen LogP contribution in [0.25, 0.3) is 0 Å². The molecule has 3 heterocycles. The van der Waals surface area contributed by atoms with Crippen LogP contribution >= 0.6 is 0 Å². The second-order valence-electron chi connectivity index (χ2n) is 7.28. The van der Waals surface area contributed by atoms with Crippen molar-refractivity contribution >= 4 is 21.6 Å². The van der Waals surface area contributed by atoms with Crippen LogP contribution in [0.4, 0.5) is 5.69 Å². The SMILES string of the molecule is CCS(=O)(=O)N1CCC2(C1)C(=O)N(Cc1c(C)noc1C)c1ccccc12. The van der Waals surface area contributed by atoms with Crippen molar-refractivity contribution in [3.8, 4) is 0 Å². The number of aryl methyl sites for hydroxylation is 2. The Hall–Kier alpha value is -2.19. The zero-order chi connectivity index (χ0) is 19.4. The fourth-order valence-electron chi connectivity index (χ4n) is 4.23. The summed E-state index contributed by atoms with van der Waals surface area (Å²) in [5, 5.41) is 3.98. The third kappa shape index (κ3) is 2.62. The zero-order valence-electron chi connectivity index (χ0n) is 15.7. The summed E-state index contributed by atoms with van der Waals surface area (Å²) >= 11 is 0. The molecule has 8 heteroatoms. The smallest absolute Gasteiger partial charge is 0.239 e. The molecule has 1 aromatic carbocycles. The average Bonchev–Trinajstić information content (AvgIpc) is 3.31. The highest BCUT2D eigenvalue weighted by Gasteiger charge is 2.55. The van der Waals surface area contributed by atoms with Crippen LogP contribution in [0.2, 0.25) is 0 Å². The van der Waals surface area contributed by atoms with Crippen LogP contribution in [0.15, 0.2) is 28.8 Å². The Labute approximate surface area is 159 Å². The molecule has 27 heavy (non-hydrogen) atoms. The van der Waals surface area contributed by atoms with Crippen molar-refractivity contribution in [2.45, 2.75) is 39.2 Å². The molecule has 1 atom stereocenters. The molecule has 0 radical (unpaired) electrons. The second kappa shape index (κ2) is 6.17. The summed E-state index contributed by atoms with van der Waals surface area (Å²) in [6.07, 6.45) is 0.500. The minimum absolute atomic E-state index is 0.0434. The predicted molar refractivity (Wildman–Crippen MR) is 101 cm³/mol. The first kappa shape index (κ1) is 18.2. The molecule has 2 aliphatic rings. The van der Waals surface area contributed by atoms with E-state index in [1.165, 1.54) is 4.31 Å². The molecule has 144 valence electrons. The van der Waals surface area contributed by atoms with Crippen LogP contribution in [0.5, 0.6) is 0 Å². The summed E-state index contributed by atoms with van der Waals surface area (Å²) in [5.41, 5.74) is 2.61. The summed E-state index contributed by atoms with van der Waals surface area (Å²) in [7, 11) is -3.33. The summed E-state index contributed by atoms with van der Waals surface area (Å²) in [6.45, 7) is 6.28. The topological polar surface area (TPSA) is 83.7 Å². The maximum Gasteiger partial charge on any atom is 0.239 e. The molecule has 2 aromatic rings. The molecule has 2 aliphatic heterocycles. The van der Waals surface area contributed by atoms with Crippen LogP contribution in [-0.4, -0.2) is 42.6 Å². The summed E-state index contributed by atoms with van der Waals surface area (Å²) < 4.78 is 31.4. The molecular formula is C19H23N3O4S. The van der Waals surface area contributed by atoms with Crippen LogP contribution in [0.3, 0.4) is 0 Å². The van der Waals surface area contributed by atoms with E-state index in [9.17, 15) is 13.2 Å². The van der Waals surface area contributed by atoms with Crippen molar-refractivity contribution in [2.75, 3.05) is 23.7 Å². The minimum atomic E-state index is -3.33. The van der Waals surface area contributed by atoms with E-state index in [2.05, 4.69) is 5.16 Å². The first-order valence-corrected chi connectivity index (χ1v) is 10.7. The van der Waals surface area contributed by atoms with E-state index in [-0.39, 0.29) is 18.2 Å². The molecular weight excluding hydrogens is 366 g/mol. The third-order valence-corrected chi connectivity index (χ3v) is 7.68. The summed E-state index contributed by atoms with van der Waals surface area (Å²) in [5.74, 6) is 0.694. The van der Waals surface area contributed by atoms with Gasteiger partial charge in [0.15, 0.2) is 0 Å². The van der Waals surface area contributed by atoms with Gasteiger partial charge in [-0.1, -0.05) is 23.4 Å². The lowest BCUT2D eigenvalue weighted by atomic mass is 9.81. The number of amides is 1. The number of aromatic nitrogens is 1. The van der Waals surface area contributed by atoms with Gasteiger partial charge in [0.25, 0.3) is 0 Å². The minimum Gasteiger partial charge on any atom is -0.361 e. The van der Waals surface area contributed by atoms with Crippen molar-refractivity contribution < 1.29 is 17.7 Å². The van der Waals surface area contributed by atoms with Crippen molar-refractivity contribution in [3.63, 3.8) is 0 Å². The van der Waals surface area contributed by atoms with Gasteiger partial charge < -0.3 is 9.42 Å². The van der Waals surface area contributed by atoms with Gasteiger partial charge in [0, 0.05) is 24.3 Å².